The molecule has 0 radical (unpaired) electrons. The van der Waals surface area contributed by atoms with E-state index in [4.69, 9.17) is 9.47 Å². The van der Waals surface area contributed by atoms with Crippen LogP contribution in [0.4, 0.5) is 19.0 Å². The summed E-state index contributed by atoms with van der Waals surface area (Å²) in [6.07, 6.45) is -0.105. The van der Waals surface area contributed by atoms with Gasteiger partial charge in [-0.25, -0.2) is 4.98 Å². The predicted molar refractivity (Wildman–Crippen MR) is 119 cm³/mol. The lowest BCUT2D eigenvalue weighted by molar-refractivity contribution is -0.138. The Hall–Kier alpha value is -3.33. The molecule has 2 aromatic carbocycles. The van der Waals surface area contributed by atoms with Crippen LogP contribution in [0.5, 0.6) is 5.75 Å². The molecule has 1 fully saturated rings. The highest BCUT2D eigenvalue weighted by atomic mass is 19.4. The first kappa shape index (κ1) is 21.5. The number of nitrogens with zero attached hydrogens (tertiary/aromatic N) is 3. The Labute approximate surface area is 188 Å². The minimum absolute atomic E-state index is 0.00419. The lowest BCUT2D eigenvalue weighted by atomic mass is 9.97. The summed E-state index contributed by atoms with van der Waals surface area (Å²) in [5.74, 6) is 1.71. The van der Waals surface area contributed by atoms with Crippen LogP contribution in [0.1, 0.15) is 36.1 Å². The van der Waals surface area contributed by atoms with E-state index in [1.165, 1.54) is 13.0 Å². The Bertz CT molecular complexity index is 1310. The quantitative estimate of drug-likeness (QED) is 0.427. The summed E-state index contributed by atoms with van der Waals surface area (Å²) in [5, 5.41) is 4.10. The predicted octanol–water partition coefficient (Wildman–Crippen LogP) is 5.55. The number of anilines is 1. The fourth-order valence-electron chi connectivity index (χ4n) is 4.34. The zero-order valence-electron chi connectivity index (χ0n) is 18.2. The second-order valence-electron chi connectivity index (χ2n) is 8.22. The number of hydrogen-bond donors (Lipinski definition) is 1. The highest BCUT2D eigenvalue weighted by Gasteiger charge is 2.33. The molecule has 172 valence electrons. The topological polar surface area (TPSA) is 60.7 Å². The van der Waals surface area contributed by atoms with Crippen LogP contribution in [0.2, 0.25) is 0 Å². The maximum atomic E-state index is 13.4. The molecule has 33 heavy (non-hydrogen) atoms. The summed E-state index contributed by atoms with van der Waals surface area (Å²) < 4.78 is 53.6. The van der Waals surface area contributed by atoms with Crippen molar-refractivity contribution < 1.29 is 22.6 Å². The SMILES string of the molecule is Cc1c([C@@H](C)Nc2nc3nccn3c3ccc(OC4CCOC4)cc23)cccc1C(F)(F)F. The molecular weight excluding hydrogens is 433 g/mol. The van der Waals surface area contributed by atoms with E-state index >= 15 is 0 Å². The van der Waals surface area contributed by atoms with Crippen molar-refractivity contribution in [2.24, 2.45) is 0 Å². The highest BCUT2D eigenvalue weighted by Crippen LogP contribution is 2.36. The lowest BCUT2D eigenvalue weighted by Crippen LogP contribution is -2.16. The van der Waals surface area contributed by atoms with Crippen molar-refractivity contribution in [2.45, 2.75) is 38.6 Å². The van der Waals surface area contributed by atoms with E-state index in [1.807, 2.05) is 35.7 Å². The molecule has 0 amide bonds. The molecule has 2 atom stereocenters. The number of nitrogens with one attached hydrogen (secondary N) is 1. The van der Waals surface area contributed by atoms with Crippen molar-refractivity contribution in [1.82, 2.24) is 14.4 Å². The summed E-state index contributed by atoms with van der Waals surface area (Å²) in [6, 6.07) is 9.54. The van der Waals surface area contributed by atoms with Crippen LogP contribution >= 0.6 is 0 Å². The van der Waals surface area contributed by atoms with Crippen LogP contribution in [0.25, 0.3) is 16.7 Å². The van der Waals surface area contributed by atoms with Gasteiger partial charge >= 0.3 is 6.18 Å². The third-order valence-corrected chi connectivity index (χ3v) is 6.01. The van der Waals surface area contributed by atoms with Crippen molar-refractivity contribution >= 4 is 22.5 Å². The van der Waals surface area contributed by atoms with Crippen molar-refractivity contribution in [3.63, 3.8) is 0 Å². The number of fused-ring (bicyclic) bond motifs is 3. The van der Waals surface area contributed by atoms with Crippen molar-refractivity contribution in [2.75, 3.05) is 18.5 Å². The Morgan fingerprint density at radius 3 is 2.85 bits per heavy atom. The van der Waals surface area contributed by atoms with Crippen molar-refractivity contribution in [3.8, 4) is 5.75 Å². The van der Waals surface area contributed by atoms with E-state index < -0.39 is 17.8 Å². The smallest absolute Gasteiger partial charge is 0.416 e. The van der Waals surface area contributed by atoms with Gasteiger partial charge in [0.2, 0.25) is 5.78 Å². The molecule has 5 rings (SSSR count). The normalized spacial score (nSPS) is 17.5. The van der Waals surface area contributed by atoms with E-state index in [0.717, 1.165) is 23.4 Å². The number of aromatic nitrogens is 3. The van der Waals surface area contributed by atoms with Crippen molar-refractivity contribution in [1.29, 1.82) is 0 Å². The third-order valence-electron chi connectivity index (χ3n) is 6.01. The molecular formula is C24H23F3N4O2. The van der Waals surface area contributed by atoms with Crippen LogP contribution in [0.3, 0.4) is 0 Å². The monoisotopic (exact) mass is 456 g/mol. The van der Waals surface area contributed by atoms with Gasteiger partial charge < -0.3 is 14.8 Å². The van der Waals surface area contributed by atoms with Gasteiger partial charge in [-0.1, -0.05) is 12.1 Å². The summed E-state index contributed by atoms with van der Waals surface area (Å²) in [7, 11) is 0. The average Bonchev–Trinajstić information content (AvgIpc) is 3.45. The zero-order valence-corrected chi connectivity index (χ0v) is 18.2. The Balaban J connectivity index is 1.55. The van der Waals surface area contributed by atoms with Crippen LogP contribution in [0, 0.1) is 6.92 Å². The van der Waals surface area contributed by atoms with Gasteiger partial charge in [0, 0.05) is 24.2 Å². The van der Waals surface area contributed by atoms with Gasteiger partial charge in [-0.2, -0.15) is 18.2 Å². The number of halogens is 3. The van der Waals surface area contributed by atoms with Gasteiger partial charge in [-0.3, -0.25) is 4.40 Å². The molecule has 6 nitrogen and oxygen atoms in total. The van der Waals surface area contributed by atoms with E-state index in [9.17, 15) is 13.2 Å². The Morgan fingerprint density at radius 1 is 1.24 bits per heavy atom. The Morgan fingerprint density at radius 2 is 2.09 bits per heavy atom. The largest absolute Gasteiger partial charge is 0.488 e. The summed E-state index contributed by atoms with van der Waals surface area (Å²) >= 11 is 0. The molecule has 3 heterocycles. The van der Waals surface area contributed by atoms with E-state index in [2.05, 4.69) is 15.3 Å². The first-order chi connectivity index (χ1) is 15.8. The molecule has 0 spiro atoms. The van der Waals surface area contributed by atoms with Gasteiger partial charge in [-0.15, -0.1) is 0 Å². The highest BCUT2D eigenvalue weighted by molar-refractivity contribution is 5.92. The lowest BCUT2D eigenvalue weighted by Gasteiger charge is -2.21. The van der Waals surface area contributed by atoms with Crippen LogP contribution in [-0.2, 0) is 10.9 Å². The van der Waals surface area contributed by atoms with E-state index in [-0.39, 0.29) is 11.7 Å². The van der Waals surface area contributed by atoms with Gasteiger partial charge in [0.05, 0.1) is 30.3 Å². The van der Waals surface area contributed by atoms with Gasteiger partial charge in [0.25, 0.3) is 0 Å². The van der Waals surface area contributed by atoms with Gasteiger partial charge in [-0.05, 0) is 49.2 Å². The number of ether oxygens (including phenoxy) is 2. The molecule has 1 aliphatic heterocycles. The maximum Gasteiger partial charge on any atom is 0.416 e. The molecule has 0 saturated carbocycles. The molecule has 4 aromatic rings. The number of benzene rings is 2. The second kappa shape index (κ2) is 8.22. The zero-order chi connectivity index (χ0) is 23.2. The molecule has 0 aliphatic carbocycles. The third kappa shape index (κ3) is 4.08. The number of rotatable bonds is 5. The fourth-order valence-corrected chi connectivity index (χ4v) is 4.34. The molecule has 0 bridgehead atoms. The second-order valence-corrected chi connectivity index (χ2v) is 8.22. The fraction of sp³-hybridized carbons (Fsp3) is 0.333. The number of alkyl halides is 3. The summed E-state index contributed by atoms with van der Waals surface area (Å²) in [4.78, 5) is 8.94. The summed E-state index contributed by atoms with van der Waals surface area (Å²) in [6.45, 7) is 4.54. The maximum absolute atomic E-state index is 13.4. The molecule has 1 unspecified atom stereocenters. The first-order valence-electron chi connectivity index (χ1n) is 10.8. The number of imidazole rings is 1. The average molecular weight is 456 g/mol. The molecule has 1 aliphatic rings. The molecule has 1 N–H and O–H groups in total. The number of hydrogen-bond acceptors (Lipinski definition) is 5. The molecule has 2 aromatic heterocycles. The molecule has 1 saturated heterocycles. The molecule has 9 heteroatoms. The summed E-state index contributed by atoms with van der Waals surface area (Å²) in [5.41, 5.74) is 0.979. The minimum atomic E-state index is -4.41. The minimum Gasteiger partial charge on any atom is -0.488 e. The van der Waals surface area contributed by atoms with Crippen LogP contribution in [0.15, 0.2) is 48.8 Å². The van der Waals surface area contributed by atoms with E-state index in [1.54, 1.807) is 12.3 Å². The van der Waals surface area contributed by atoms with Gasteiger partial charge in [0.15, 0.2) is 0 Å². The first-order valence-corrected chi connectivity index (χ1v) is 10.8. The Kier molecular flexibility index (Phi) is 5.36. The van der Waals surface area contributed by atoms with Crippen LogP contribution < -0.4 is 10.1 Å². The van der Waals surface area contributed by atoms with E-state index in [0.29, 0.717) is 36.1 Å². The standard InChI is InChI=1S/C24H23F3N4O2/c1-14-18(4-3-5-20(14)24(25,26)27)15(2)29-22-19-12-16(33-17-8-11-32-13-17)6-7-21(19)31-10-9-28-23(31)30-22/h3-7,9-10,12,15,17H,8,11,13H2,1-2H3,(H,28,29,30)/t15-,17?/m1/s1. The van der Waals surface area contributed by atoms with Crippen molar-refractivity contribution in [3.05, 3.63) is 65.5 Å². The van der Waals surface area contributed by atoms with Gasteiger partial charge in [0.1, 0.15) is 17.7 Å². The van der Waals surface area contributed by atoms with Crippen LogP contribution in [-0.4, -0.2) is 33.7 Å².